The molecule has 28 heavy (non-hydrogen) atoms. The number of aromatic nitrogens is 3. The van der Waals surface area contributed by atoms with E-state index in [4.69, 9.17) is 0 Å². The standard InChI is InChI=1S/C23H28N4O/c1-23(2,3)21-8-9-22(28)27(25-21)16-17-11-14-26(15-12-17)20-10-13-24-19-7-5-4-6-18(19)20/h4-10,13,17H,11-12,14-16H2,1-3H3. The van der Waals surface area contributed by atoms with Crippen molar-refractivity contribution in [1.82, 2.24) is 14.8 Å². The molecule has 0 spiro atoms. The summed E-state index contributed by atoms with van der Waals surface area (Å²) in [6.45, 7) is 9.07. The van der Waals surface area contributed by atoms with Gasteiger partial charge in [0.25, 0.3) is 5.56 Å². The predicted octanol–water partition coefficient (Wildman–Crippen LogP) is 4.01. The van der Waals surface area contributed by atoms with E-state index in [1.54, 1.807) is 10.7 Å². The number of para-hydroxylation sites is 1. The van der Waals surface area contributed by atoms with Gasteiger partial charge in [0.15, 0.2) is 0 Å². The van der Waals surface area contributed by atoms with E-state index in [0.717, 1.165) is 37.1 Å². The third kappa shape index (κ3) is 3.79. The summed E-state index contributed by atoms with van der Waals surface area (Å²) in [5.41, 5.74) is 3.20. The fourth-order valence-corrected chi connectivity index (χ4v) is 3.94. The molecule has 3 heterocycles. The van der Waals surface area contributed by atoms with Crippen molar-refractivity contribution in [1.29, 1.82) is 0 Å². The monoisotopic (exact) mass is 376 g/mol. The summed E-state index contributed by atoms with van der Waals surface area (Å²) < 4.78 is 1.67. The largest absolute Gasteiger partial charge is 0.371 e. The highest BCUT2D eigenvalue weighted by Gasteiger charge is 2.23. The average Bonchev–Trinajstić information content (AvgIpc) is 2.69. The van der Waals surface area contributed by atoms with Gasteiger partial charge in [-0.15, -0.1) is 0 Å². The molecule has 1 aromatic carbocycles. The van der Waals surface area contributed by atoms with Gasteiger partial charge in [0.05, 0.1) is 11.2 Å². The van der Waals surface area contributed by atoms with Crippen molar-refractivity contribution in [2.75, 3.05) is 18.0 Å². The first kappa shape index (κ1) is 18.7. The minimum atomic E-state index is -0.0544. The summed E-state index contributed by atoms with van der Waals surface area (Å²) in [6.07, 6.45) is 4.01. The Kier molecular flexibility index (Phi) is 4.92. The Morgan fingerprint density at radius 3 is 2.54 bits per heavy atom. The maximum Gasteiger partial charge on any atom is 0.266 e. The molecule has 3 aromatic rings. The van der Waals surface area contributed by atoms with Crippen molar-refractivity contribution >= 4 is 16.6 Å². The van der Waals surface area contributed by atoms with E-state index in [1.807, 2.05) is 18.3 Å². The van der Waals surface area contributed by atoms with Crippen LogP contribution in [0, 0.1) is 5.92 Å². The Morgan fingerprint density at radius 1 is 1.04 bits per heavy atom. The van der Waals surface area contributed by atoms with Crippen molar-refractivity contribution in [3.63, 3.8) is 0 Å². The highest BCUT2D eigenvalue weighted by molar-refractivity contribution is 5.91. The molecule has 1 aliphatic rings. The normalized spacial score (nSPS) is 15.9. The molecule has 5 heteroatoms. The van der Waals surface area contributed by atoms with Gasteiger partial charge in [-0.05, 0) is 37.0 Å². The van der Waals surface area contributed by atoms with Crippen LogP contribution >= 0.6 is 0 Å². The highest BCUT2D eigenvalue weighted by atomic mass is 16.1. The summed E-state index contributed by atoms with van der Waals surface area (Å²) >= 11 is 0. The first-order valence-electron chi connectivity index (χ1n) is 10.1. The van der Waals surface area contributed by atoms with Crippen LogP contribution in [0.5, 0.6) is 0 Å². The smallest absolute Gasteiger partial charge is 0.266 e. The van der Waals surface area contributed by atoms with Gasteiger partial charge in [-0.3, -0.25) is 9.78 Å². The zero-order valence-electron chi connectivity index (χ0n) is 16.9. The summed E-state index contributed by atoms with van der Waals surface area (Å²) in [5, 5.41) is 5.85. The minimum absolute atomic E-state index is 0.00411. The van der Waals surface area contributed by atoms with Crippen LogP contribution in [0.4, 0.5) is 5.69 Å². The van der Waals surface area contributed by atoms with Crippen LogP contribution < -0.4 is 10.5 Å². The van der Waals surface area contributed by atoms with Crippen molar-refractivity contribution < 1.29 is 0 Å². The fraction of sp³-hybridized carbons (Fsp3) is 0.435. The van der Waals surface area contributed by atoms with Gasteiger partial charge >= 0.3 is 0 Å². The second-order valence-electron chi connectivity index (χ2n) is 8.77. The predicted molar refractivity (Wildman–Crippen MR) is 114 cm³/mol. The molecule has 1 fully saturated rings. The molecular weight excluding hydrogens is 348 g/mol. The number of hydrogen-bond donors (Lipinski definition) is 0. The van der Waals surface area contributed by atoms with Crippen molar-refractivity contribution in [2.24, 2.45) is 5.92 Å². The molecule has 0 unspecified atom stereocenters. The zero-order chi connectivity index (χ0) is 19.7. The van der Waals surface area contributed by atoms with Crippen molar-refractivity contribution in [3.05, 3.63) is 64.7 Å². The quantitative estimate of drug-likeness (QED) is 0.693. The maximum atomic E-state index is 12.3. The topological polar surface area (TPSA) is 51.0 Å². The summed E-state index contributed by atoms with van der Waals surface area (Å²) in [4.78, 5) is 19.2. The number of nitrogens with zero attached hydrogens (tertiary/aromatic N) is 4. The Morgan fingerprint density at radius 2 is 1.79 bits per heavy atom. The molecule has 1 aliphatic heterocycles. The fourth-order valence-electron chi connectivity index (χ4n) is 3.94. The number of fused-ring (bicyclic) bond motifs is 1. The number of benzene rings is 1. The van der Waals surface area contributed by atoms with Gasteiger partial charge in [0.2, 0.25) is 0 Å². The first-order valence-corrected chi connectivity index (χ1v) is 10.1. The molecule has 5 nitrogen and oxygen atoms in total. The summed E-state index contributed by atoms with van der Waals surface area (Å²) in [7, 11) is 0. The second-order valence-corrected chi connectivity index (χ2v) is 8.77. The van der Waals surface area contributed by atoms with Crippen LogP contribution in [0.3, 0.4) is 0 Å². The third-order valence-corrected chi connectivity index (χ3v) is 5.65. The first-order chi connectivity index (χ1) is 13.4. The van der Waals surface area contributed by atoms with Crippen molar-refractivity contribution in [2.45, 2.75) is 45.6 Å². The number of hydrogen-bond acceptors (Lipinski definition) is 4. The zero-order valence-corrected chi connectivity index (χ0v) is 16.9. The van der Waals surface area contributed by atoms with Gasteiger partial charge < -0.3 is 4.90 Å². The van der Waals surface area contributed by atoms with Crippen LogP contribution in [0.2, 0.25) is 0 Å². The lowest BCUT2D eigenvalue weighted by atomic mass is 9.92. The minimum Gasteiger partial charge on any atom is -0.371 e. The Hall–Kier alpha value is -2.69. The van der Waals surface area contributed by atoms with E-state index in [9.17, 15) is 4.79 Å². The highest BCUT2D eigenvalue weighted by Crippen LogP contribution is 2.29. The Bertz CT molecular complexity index is 1020. The van der Waals surface area contributed by atoms with Gasteiger partial charge in [-0.1, -0.05) is 39.0 Å². The molecule has 0 amide bonds. The summed E-state index contributed by atoms with van der Waals surface area (Å²) in [6, 6.07) is 13.9. The van der Waals surface area contributed by atoms with Gasteiger partial charge in [-0.2, -0.15) is 5.10 Å². The molecule has 0 N–H and O–H groups in total. The molecule has 4 rings (SSSR count). The van der Waals surface area contributed by atoms with Crippen molar-refractivity contribution in [3.8, 4) is 0 Å². The van der Waals surface area contributed by atoms with E-state index in [2.05, 4.69) is 60.0 Å². The molecule has 0 radical (unpaired) electrons. The molecule has 1 saturated heterocycles. The SMILES string of the molecule is CC(C)(C)c1ccc(=O)n(CC2CCN(c3ccnc4ccccc34)CC2)n1. The second kappa shape index (κ2) is 7.38. The summed E-state index contributed by atoms with van der Waals surface area (Å²) in [5.74, 6) is 0.477. The molecule has 0 saturated carbocycles. The van der Waals surface area contributed by atoms with E-state index < -0.39 is 0 Å². The van der Waals surface area contributed by atoms with Crippen LogP contribution in [0.25, 0.3) is 10.9 Å². The Labute approximate surface area is 166 Å². The number of anilines is 1. The van der Waals surface area contributed by atoms with Crippen LogP contribution in [0.1, 0.15) is 39.3 Å². The average molecular weight is 377 g/mol. The number of piperidine rings is 1. The molecule has 146 valence electrons. The lowest BCUT2D eigenvalue weighted by Crippen LogP contribution is -2.37. The van der Waals surface area contributed by atoms with E-state index >= 15 is 0 Å². The molecule has 2 aromatic heterocycles. The lowest BCUT2D eigenvalue weighted by molar-refractivity contribution is 0.330. The lowest BCUT2D eigenvalue weighted by Gasteiger charge is -2.34. The van der Waals surface area contributed by atoms with Crippen LogP contribution in [-0.4, -0.2) is 27.9 Å². The van der Waals surface area contributed by atoms with Gasteiger partial charge in [0.1, 0.15) is 0 Å². The van der Waals surface area contributed by atoms with Crippen LogP contribution in [-0.2, 0) is 12.0 Å². The molecule has 0 bridgehead atoms. The third-order valence-electron chi connectivity index (χ3n) is 5.65. The number of rotatable bonds is 3. The van der Waals surface area contributed by atoms with E-state index in [-0.39, 0.29) is 11.0 Å². The molecule has 0 aliphatic carbocycles. The van der Waals surface area contributed by atoms with Crippen LogP contribution in [0.15, 0.2) is 53.5 Å². The number of pyridine rings is 1. The molecule has 0 atom stereocenters. The Balaban J connectivity index is 1.47. The van der Waals surface area contributed by atoms with Gasteiger partial charge in [0, 0.05) is 48.4 Å². The molecular formula is C23H28N4O. The van der Waals surface area contributed by atoms with E-state index in [1.165, 1.54) is 11.1 Å². The maximum absolute atomic E-state index is 12.3. The van der Waals surface area contributed by atoms with E-state index in [0.29, 0.717) is 12.5 Å². The van der Waals surface area contributed by atoms with Gasteiger partial charge in [-0.25, -0.2) is 4.68 Å².